The van der Waals surface area contributed by atoms with Crippen molar-refractivity contribution in [3.8, 4) is 0 Å². The van der Waals surface area contributed by atoms with Gasteiger partial charge in [-0.3, -0.25) is 14.6 Å². The van der Waals surface area contributed by atoms with Gasteiger partial charge < -0.3 is 4.74 Å². The fraction of sp³-hybridized carbons (Fsp3) is 0.850. The maximum absolute atomic E-state index is 12.3. The maximum atomic E-state index is 12.3. The molecule has 0 amide bonds. The SMILES string of the molecule is COC(=O)[C@H]1CC[C@H]2[C@@H]3CN=C4CC(=O)CC[C@]4(C)[C@H]3CC[C@]12C. The zero-order valence-electron chi connectivity index (χ0n) is 15.1. The number of hydrogen-bond donors (Lipinski definition) is 0. The smallest absolute Gasteiger partial charge is 0.309 e. The monoisotopic (exact) mass is 331 g/mol. The lowest BCUT2D eigenvalue weighted by Gasteiger charge is -2.56. The van der Waals surface area contributed by atoms with E-state index in [1.807, 2.05) is 0 Å². The Morgan fingerprint density at radius 3 is 2.71 bits per heavy atom. The van der Waals surface area contributed by atoms with Crippen LogP contribution >= 0.6 is 0 Å². The Balaban J connectivity index is 1.65. The predicted octanol–water partition coefficient (Wildman–Crippen LogP) is 3.43. The molecule has 0 saturated heterocycles. The van der Waals surface area contributed by atoms with Crippen LogP contribution in [0.4, 0.5) is 0 Å². The number of ketones is 1. The molecule has 6 atom stereocenters. The van der Waals surface area contributed by atoms with E-state index < -0.39 is 0 Å². The lowest BCUT2D eigenvalue weighted by Crippen LogP contribution is -2.54. The van der Waals surface area contributed by atoms with Crippen molar-refractivity contribution in [1.82, 2.24) is 0 Å². The van der Waals surface area contributed by atoms with Gasteiger partial charge in [0.1, 0.15) is 5.78 Å². The highest BCUT2D eigenvalue weighted by molar-refractivity contribution is 6.07. The molecule has 24 heavy (non-hydrogen) atoms. The summed E-state index contributed by atoms with van der Waals surface area (Å²) >= 11 is 0. The third-order valence-corrected chi connectivity index (χ3v) is 8.18. The van der Waals surface area contributed by atoms with E-state index in [2.05, 4.69) is 13.8 Å². The molecule has 0 aromatic rings. The molecule has 4 nitrogen and oxygen atoms in total. The van der Waals surface area contributed by atoms with Gasteiger partial charge in [-0.25, -0.2) is 0 Å². The predicted molar refractivity (Wildman–Crippen MR) is 91.8 cm³/mol. The van der Waals surface area contributed by atoms with Gasteiger partial charge in [0.15, 0.2) is 0 Å². The minimum atomic E-state index is -0.0204. The number of hydrogen-bond acceptors (Lipinski definition) is 4. The number of Topliss-reactive ketones (excluding diaryl/α,β-unsaturated/α-hetero) is 1. The van der Waals surface area contributed by atoms with Crippen LogP contribution in [-0.4, -0.2) is 31.1 Å². The third-order valence-electron chi connectivity index (χ3n) is 8.18. The fourth-order valence-electron chi connectivity index (χ4n) is 6.73. The molecule has 4 rings (SSSR count). The first-order chi connectivity index (χ1) is 11.4. The minimum Gasteiger partial charge on any atom is -0.469 e. The Morgan fingerprint density at radius 1 is 1.17 bits per heavy atom. The molecular weight excluding hydrogens is 302 g/mol. The number of methoxy groups -OCH3 is 1. The van der Waals surface area contributed by atoms with Gasteiger partial charge in [0, 0.05) is 30.5 Å². The quantitative estimate of drug-likeness (QED) is 0.692. The van der Waals surface area contributed by atoms with Crippen molar-refractivity contribution in [1.29, 1.82) is 0 Å². The summed E-state index contributed by atoms with van der Waals surface area (Å²) in [6.45, 7) is 5.52. The van der Waals surface area contributed by atoms with E-state index in [0.717, 1.165) is 38.6 Å². The molecule has 0 spiro atoms. The molecule has 4 heteroatoms. The van der Waals surface area contributed by atoms with Crippen LogP contribution in [0, 0.1) is 34.5 Å². The second kappa shape index (κ2) is 5.40. The van der Waals surface area contributed by atoms with E-state index in [4.69, 9.17) is 9.73 Å². The maximum Gasteiger partial charge on any atom is 0.309 e. The molecule has 1 heterocycles. The number of carbonyl (C=O) groups is 2. The summed E-state index contributed by atoms with van der Waals surface area (Å²) in [6.07, 6.45) is 6.61. The Morgan fingerprint density at radius 2 is 1.96 bits per heavy atom. The number of rotatable bonds is 1. The molecule has 4 aliphatic rings. The first-order valence-electron chi connectivity index (χ1n) is 9.53. The Labute approximate surface area is 144 Å². The lowest BCUT2D eigenvalue weighted by atomic mass is 9.49. The van der Waals surface area contributed by atoms with Crippen LogP contribution in [0.5, 0.6) is 0 Å². The zero-order chi connectivity index (χ0) is 17.1. The highest BCUT2D eigenvalue weighted by atomic mass is 16.5. The number of esters is 1. The van der Waals surface area contributed by atoms with Gasteiger partial charge in [0.2, 0.25) is 0 Å². The number of nitrogens with zero attached hydrogens (tertiary/aromatic N) is 1. The average Bonchev–Trinajstić information content (AvgIpc) is 2.92. The van der Waals surface area contributed by atoms with Crippen molar-refractivity contribution in [2.75, 3.05) is 13.7 Å². The van der Waals surface area contributed by atoms with Crippen molar-refractivity contribution < 1.29 is 14.3 Å². The Bertz CT molecular complexity index is 612. The van der Waals surface area contributed by atoms with Crippen molar-refractivity contribution in [3.63, 3.8) is 0 Å². The summed E-state index contributed by atoms with van der Waals surface area (Å²) in [5.74, 6) is 2.16. The summed E-state index contributed by atoms with van der Waals surface area (Å²) in [5.41, 5.74) is 1.36. The molecule has 0 N–H and O–H groups in total. The second-order valence-electron chi connectivity index (χ2n) is 8.99. The van der Waals surface area contributed by atoms with Gasteiger partial charge in [-0.2, -0.15) is 0 Å². The second-order valence-corrected chi connectivity index (χ2v) is 8.99. The number of aliphatic imine (C=N–C) groups is 1. The molecule has 0 aromatic carbocycles. The first kappa shape index (κ1) is 16.3. The molecule has 0 bridgehead atoms. The van der Waals surface area contributed by atoms with Crippen LogP contribution in [0.3, 0.4) is 0 Å². The minimum absolute atomic E-state index is 0.0204. The van der Waals surface area contributed by atoms with Crippen LogP contribution in [-0.2, 0) is 14.3 Å². The summed E-state index contributed by atoms with van der Waals surface area (Å²) in [6, 6.07) is 0. The van der Waals surface area contributed by atoms with E-state index in [-0.39, 0.29) is 22.7 Å². The van der Waals surface area contributed by atoms with Crippen LogP contribution in [0.2, 0.25) is 0 Å². The van der Waals surface area contributed by atoms with Crippen LogP contribution in [0.25, 0.3) is 0 Å². The van der Waals surface area contributed by atoms with Crippen molar-refractivity contribution in [2.45, 2.75) is 58.8 Å². The van der Waals surface area contributed by atoms with E-state index in [1.54, 1.807) is 0 Å². The summed E-state index contributed by atoms with van der Waals surface area (Å²) in [4.78, 5) is 29.1. The molecule has 0 unspecified atom stereocenters. The van der Waals surface area contributed by atoms with Crippen molar-refractivity contribution in [3.05, 3.63) is 0 Å². The average molecular weight is 331 g/mol. The highest BCUT2D eigenvalue weighted by Gasteiger charge is 2.60. The highest BCUT2D eigenvalue weighted by Crippen LogP contribution is 2.63. The number of carbonyl (C=O) groups excluding carboxylic acids is 2. The van der Waals surface area contributed by atoms with Gasteiger partial charge in [-0.15, -0.1) is 0 Å². The summed E-state index contributed by atoms with van der Waals surface area (Å²) in [5, 5.41) is 0. The zero-order valence-corrected chi connectivity index (χ0v) is 15.1. The van der Waals surface area contributed by atoms with Gasteiger partial charge >= 0.3 is 5.97 Å². The largest absolute Gasteiger partial charge is 0.469 e. The van der Waals surface area contributed by atoms with E-state index in [0.29, 0.717) is 36.4 Å². The van der Waals surface area contributed by atoms with Crippen molar-refractivity contribution >= 4 is 17.5 Å². The van der Waals surface area contributed by atoms with Crippen LogP contribution < -0.4 is 0 Å². The van der Waals surface area contributed by atoms with Gasteiger partial charge in [-0.1, -0.05) is 13.8 Å². The molecule has 3 aliphatic carbocycles. The number of fused-ring (bicyclic) bond motifs is 5. The van der Waals surface area contributed by atoms with Crippen LogP contribution in [0.15, 0.2) is 4.99 Å². The van der Waals surface area contributed by atoms with E-state index >= 15 is 0 Å². The first-order valence-corrected chi connectivity index (χ1v) is 9.53. The van der Waals surface area contributed by atoms with E-state index in [1.165, 1.54) is 12.8 Å². The Hall–Kier alpha value is -1.19. The Kier molecular flexibility index (Phi) is 3.67. The van der Waals surface area contributed by atoms with Crippen LogP contribution in [0.1, 0.15) is 58.8 Å². The summed E-state index contributed by atoms with van der Waals surface area (Å²) < 4.78 is 5.10. The third kappa shape index (κ3) is 2.07. The molecule has 132 valence electrons. The van der Waals surface area contributed by atoms with Gasteiger partial charge in [0.05, 0.1) is 13.0 Å². The molecule has 0 radical (unpaired) electrons. The van der Waals surface area contributed by atoms with Gasteiger partial charge in [0.25, 0.3) is 0 Å². The van der Waals surface area contributed by atoms with Crippen molar-refractivity contribution in [2.24, 2.45) is 39.5 Å². The summed E-state index contributed by atoms with van der Waals surface area (Å²) in [7, 11) is 1.52. The fourth-order valence-corrected chi connectivity index (χ4v) is 6.73. The van der Waals surface area contributed by atoms with E-state index in [9.17, 15) is 9.59 Å². The number of ether oxygens (including phenoxy) is 1. The molecule has 3 fully saturated rings. The normalized spacial score (nSPS) is 47.3. The molecule has 3 saturated carbocycles. The molecule has 0 aromatic heterocycles. The topological polar surface area (TPSA) is 55.7 Å². The van der Waals surface area contributed by atoms with Gasteiger partial charge in [-0.05, 0) is 55.3 Å². The standard InChI is InChI=1S/C20H29NO3/c1-19-9-7-15-13(14(19)4-5-16(19)18(23)24-3)11-21-17-10-12(22)6-8-20(15,17)2/h13-16H,4-11H2,1-3H3/t13-,14-,15-,16+,19-,20+/m0/s1. The molecular formula is C20H29NO3. The lowest BCUT2D eigenvalue weighted by molar-refractivity contribution is -0.152. The molecule has 1 aliphatic heterocycles.